The zero-order valence-electron chi connectivity index (χ0n) is 15.3. The van der Waals surface area contributed by atoms with E-state index < -0.39 is 0 Å². The topological polar surface area (TPSA) is 58.2 Å². The number of halogens is 1. The minimum atomic E-state index is -0.273. The molecule has 0 spiro atoms. The third-order valence-electron chi connectivity index (χ3n) is 5.63. The maximum Gasteiger partial charge on any atom is 0.230 e. The lowest BCUT2D eigenvalue weighted by Crippen LogP contribution is -2.56. The number of piperidine rings is 1. The lowest BCUT2D eigenvalue weighted by Gasteiger charge is -2.45. The van der Waals surface area contributed by atoms with Crippen molar-refractivity contribution >= 4 is 23.6 Å². The Morgan fingerprint density at radius 1 is 1.31 bits per heavy atom. The highest BCUT2D eigenvalue weighted by Crippen LogP contribution is 2.39. The van der Waals surface area contributed by atoms with Gasteiger partial charge in [-0.25, -0.2) is 4.39 Å². The van der Waals surface area contributed by atoms with Gasteiger partial charge in [0.15, 0.2) is 0 Å². The molecule has 142 valence electrons. The largest absolute Gasteiger partial charge is 0.353 e. The van der Waals surface area contributed by atoms with Gasteiger partial charge in [0.25, 0.3) is 0 Å². The van der Waals surface area contributed by atoms with E-state index >= 15 is 0 Å². The van der Waals surface area contributed by atoms with Crippen molar-refractivity contribution < 1.29 is 14.0 Å². The van der Waals surface area contributed by atoms with Gasteiger partial charge in [0.05, 0.1) is 5.75 Å². The molecule has 26 heavy (non-hydrogen) atoms. The van der Waals surface area contributed by atoms with Crippen LogP contribution < -0.4 is 10.6 Å². The molecule has 1 aliphatic carbocycles. The van der Waals surface area contributed by atoms with E-state index in [0.717, 1.165) is 24.2 Å². The third kappa shape index (κ3) is 4.78. The third-order valence-corrected chi connectivity index (χ3v) is 6.64. The molecule has 4 nitrogen and oxygen atoms in total. The summed E-state index contributed by atoms with van der Waals surface area (Å²) in [4.78, 5) is 25.2. The van der Waals surface area contributed by atoms with Gasteiger partial charge in [0.2, 0.25) is 11.8 Å². The first-order valence-electron chi connectivity index (χ1n) is 9.39. The van der Waals surface area contributed by atoms with E-state index in [9.17, 15) is 14.0 Å². The van der Waals surface area contributed by atoms with Crippen molar-refractivity contribution in [3.05, 3.63) is 30.1 Å². The second-order valence-corrected chi connectivity index (χ2v) is 8.82. The number of fused-ring (bicyclic) bond motifs is 1. The highest BCUT2D eigenvalue weighted by Gasteiger charge is 2.41. The maximum absolute atomic E-state index is 12.9. The molecule has 2 fully saturated rings. The molecule has 1 saturated carbocycles. The van der Waals surface area contributed by atoms with Gasteiger partial charge in [0, 0.05) is 23.4 Å². The lowest BCUT2D eigenvalue weighted by molar-refractivity contribution is -0.128. The molecule has 0 bridgehead atoms. The summed E-state index contributed by atoms with van der Waals surface area (Å²) in [5.74, 6) is 1.65. The Morgan fingerprint density at radius 2 is 2.04 bits per heavy atom. The number of carbonyl (C=O) groups is 2. The van der Waals surface area contributed by atoms with Gasteiger partial charge in [-0.1, -0.05) is 13.8 Å². The zero-order chi connectivity index (χ0) is 18.7. The average Bonchev–Trinajstić information content (AvgIpc) is 2.60. The van der Waals surface area contributed by atoms with Gasteiger partial charge < -0.3 is 10.6 Å². The molecular weight excluding hydrogens is 351 g/mol. The average molecular weight is 379 g/mol. The smallest absolute Gasteiger partial charge is 0.230 e. The van der Waals surface area contributed by atoms with Gasteiger partial charge in [-0.3, -0.25) is 9.59 Å². The molecule has 3 rings (SSSR count). The molecule has 1 heterocycles. The molecule has 4 unspecified atom stereocenters. The Bertz CT molecular complexity index is 650. The molecule has 1 aromatic rings. The standard InChI is InChI=1S/C20H27FN2O2S/c1-12(2)17-10-19(24)23-18-9-14(5-8-16(17)18)22-20(25)11-26-15-6-3-13(21)4-7-15/h3-4,6-7,12,14,16-18H,5,8-11H2,1-2H3,(H,22,25)(H,23,24). The van der Waals surface area contributed by atoms with E-state index in [4.69, 9.17) is 0 Å². The van der Waals surface area contributed by atoms with E-state index in [1.165, 1.54) is 23.9 Å². The summed E-state index contributed by atoms with van der Waals surface area (Å²) in [5, 5.41) is 6.25. The first kappa shape index (κ1) is 19.2. The number of hydrogen-bond acceptors (Lipinski definition) is 3. The minimum absolute atomic E-state index is 0.00896. The van der Waals surface area contributed by atoms with E-state index in [1.807, 2.05) is 0 Å². The summed E-state index contributed by atoms with van der Waals surface area (Å²) in [7, 11) is 0. The van der Waals surface area contributed by atoms with E-state index in [1.54, 1.807) is 12.1 Å². The Hall–Kier alpha value is -1.56. The van der Waals surface area contributed by atoms with Crippen LogP contribution in [0.3, 0.4) is 0 Å². The van der Waals surface area contributed by atoms with Crippen molar-refractivity contribution in [2.75, 3.05) is 5.75 Å². The molecule has 1 aromatic carbocycles. The van der Waals surface area contributed by atoms with E-state index in [0.29, 0.717) is 29.9 Å². The SMILES string of the molecule is CC(C)C1CC(=O)NC2CC(NC(=O)CSc3ccc(F)cc3)CCC21. The predicted molar refractivity (Wildman–Crippen MR) is 101 cm³/mol. The van der Waals surface area contributed by atoms with Crippen molar-refractivity contribution in [3.8, 4) is 0 Å². The number of carbonyl (C=O) groups excluding carboxylic acids is 2. The first-order chi connectivity index (χ1) is 12.4. The highest BCUT2D eigenvalue weighted by atomic mass is 32.2. The fraction of sp³-hybridized carbons (Fsp3) is 0.600. The number of rotatable bonds is 5. The first-order valence-corrected chi connectivity index (χ1v) is 10.4. The Labute approximate surface area is 158 Å². The van der Waals surface area contributed by atoms with Crippen LogP contribution in [0.1, 0.15) is 39.5 Å². The van der Waals surface area contributed by atoms with Crippen LogP contribution in [0.25, 0.3) is 0 Å². The summed E-state index contributed by atoms with van der Waals surface area (Å²) in [6, 6.07) is 6.46. The number of amides is 2. The van der Waals surface area contributed by atoms with Gasteiger partial charge in [-0.05, 0) is 61.3 Å². The predicted octanol–water partition coefficient (Wildman–Crippen LogP) is 3.36. The molecule has 4 atom stereocenters. The number of hydrogen-bond donors (Lipinski definition) is 2. The second kappa shape index (κ2) is 8.42. The monoisotopic (exact) mass is 378 g/mol. The fourth-order valence-corrected chi connectivity index (χ4v) is 5.02. The van der Waals surface area contributed by atoms with Crippen LogP contribution in [-0.4, -0.2) is 29.7 Å². The maximum atomic E-state index is 12.9. The van der Waals surface area contributed by atoms with Crippen LogP contribution >= 0.6 is 11.8 Å². The quantitative estimate of drug-likeness (QED) is 0.773. The molecule has 6 heteroatoms. The van der Waals surface area contributed by atoms with Crippen LogP contribution in [0.2, 0.25) is 0 Å². The van der Waals surface area contributed by atoms with Gasteiger partial charge in [0.1, 0.15) is 5.82 Å². The molecule has 2 amide bonds. The van der Waals surface area contributed by atoms with Gasteiger partial charge in [-0.2, -0.15) is 0 Å². The Balaban J connectivity index is 1.49. The zero-order valence-corrected chi connectivity index (χ0v) is 16.2. The summed E-state index contributed by atoms with van der Waals surface area (Å²) >= 11 is 1.40. The Kier molecular flexibility index (Phi) is 6.22. The van der Waals surface area contributed by atoms with Crippen LogP contribution in [-0.2, 0) is 9.59 Å². The molecule has 1 saturated heterocycles. The molecule has 0 radical (unpaired) electrons. The lowest BCUT2D eigenvalue weighted by atomic mass is 9.67. The number of thioether (sulfide) groups is 1. The van der Waals surface area contributed by atoms with Crippen LogP contribution in [0.5, 0.6) is 0 Å². The molecule has 2 N–H and O–H groups in total. The van der Waals surface area contributed by atoms with Crippen LogP contribution in [0.4, 0.5) is 4.39 Å². The summed E-state index contributed by atoms with van der Waals surface area (Å²) in [6.07, 6.45) is 3.45. The van der Waals surface area contributed by atoms with Gasteiger partial charge >= 0.3 is 0 Å². The molecule has 0 aromatic heterocycles. The van der Waals surface area contributed by atoms with Crippen molar-refractivity contribution in [1.29, 1.82) is 0 Å². The summed E-state index contributed by atoms with van der Waals surface area (Å²) < 4.78 is 12.9. The van der Waals surface area contributed by atoms with Crippen molar-refractivity contribution in [2.24, 2.45) is 17.8 Å². The van der Waals surface area contributed by atoms with Crippen LogP contribution in [0, 0.1) is 23.6 Å². The van der Waals surface area contributed by atoms with E-state index in [2.05, 4.69) is 24.5 Å². The Morgan fingerprint density at radius 3 is 2.73 bits per heavy atom. The summed E-state index contributed by atoms with van der Waals surface area (Å²) in [6.45, 7) is 4.39. The van der Waals surface area contributed by atoms with Crippen molar-refractivity contribution in [3.63, 3.8) is 0 Å². The fourth-order valence-electron chi connectivity index (χ4n) is 4.31. The molecule has 2 aliphatic rings. The van der Waals surface area contributed by atoms with Gasteiger partial charge in [-0.15, -0.1) is 11.8 Å². The minimum Gasteiger partial charge on any atom is -0.353 e. The number of benzene rings is 1. The van der Waals surface area contributed by atoms with Crippen molar-refractivity contribution in [2.45, 2.75) is 56.5 Å². The molecular formula is C20H27FN2O2S. The second-order valence-electron chi connectivity index (χ2n) is 7.77. The summed E-state index contributed by atoms with van der Waals surface area (Å²) in [5.41, 5.74) is 0. The highest BCUT2D eigenvalue weighted by molar-refractivity contribution is 8.00. The number of nitrogens with one attached hydrogen (secondary N) is 2. The van der Waals surface area contributed by atoms with Crippen molar-refractivity contribution in [1.82, 2.24) is 10.6 Å². The molecule has 1 aliphatic heterocycles. The normalized spacial score (nSPS) is 28.4. The van der Waals surface area contributed by atoms with E-state index in [-0.39, 0.29) is 29.7 Å². The van der Waals surface area contributed by atoms with Crippen LogP contribution in [0.15, 0.2) is 29.2 Å².